The van der Waals surface area contributed by atoms with Crippen LogP contribution < -0.4 is 10.6 Å². The topological polar surface area (TPSA) is 76.8 Å². The predicted molar refractivity (Wildman–Crippen MR) is 59.0 cm³/mol. The molecule has 0 aliphatic heterocycles. The second kappa shape index (κ2) is 4.88. The lowest BCUT2D eigenvalue weighted by Crippen LogP contribution is -2.24. The first-order valence-corrected chi connectivity index (χ1v) is 4.54. The summed E-state index contributed by atoms with van der Waals surface area (Å²) in [5.41, 5.74) is 8.17. The lowest BCUT2D eigenvalue weighted by molar-refractivity contribution is 0.959. The van der Waals surface area contributed by atoms with Gasteiger partial charge < -0.3 is 10.6 Å². The molecule has 0 aliphatic rings. The lowest BCUT2D eigenvalue weighted by Gasteiger charge is -2.20. The van der Waals surface area contributed by atoms with E-state index in [0.717, 1.165) is 11.3 Å². The second-order valence-corrected chi connectivity index (χ2v) is 3.22. The zero-order valence-electron chi connectivity index (χ0n) is 8.57. The van der Waals surface area contributed by atoms with Crippen LogP contribution in [0.5, 0.6) is 0 Å². The lowest BCUT2D eigenvalue weighted by atomic mass is 10.1. The number of nitriles is 2. The Hall–Kier alpha value is -2.20. The van der Waals surface area contributed by atoms with Crippen molar-refractivity contribution in [2.24, 2.45) is 0 Å². The Kier molecular flexibility index (Phi) is 3.54. The second-order valence-electron chi connectivity index (χ2n) is 3.22. The Morgan fingerprint density at radius 1 is 1.27 bits per heavy atom. The largest absolute Gasteiger partial charge is 0.399 e. The smallest absolute Gasteiger partial charge is 0.106 e. The van der Waals surface area contributed by atoms with Crippen molar-refractivity contribution in [2.75, 3.05) is 23.7 Å². The number of anilines is 2. The highest BCUT2D eigenvalue weighted by Crippen LogP contribution is 2.21. The van der Waals surface area contributed by atoms with Gasteiger partial charge >= 0.3 is 0 Å². The first-order chi connectivity index (χ1) is 7.19. The first-order valence-electron chi connectivity index (χ1n) is 4.54. The number of nitrogens with two attached hydrogens (primary N) is 1. The van der Waals surface area contributed by atoms with Crippen LogP contribution in [0.25, 0.3) is 0 Å². The van der Waals surface area contributed by atoms with Crippen LogP contribution in [-0.4, -0.2) is 13.1 Å². The molecule has 0 bridgehead atoms. The van der Waals surface area contributed by atoms with Gasteiger partial charge in [-0.2, -0.15) is 10.5 Å². The standard InChI is InChI=1S/C11H12N4/c1-9-8-10(14)2-3-11(9)15(6-4-12)7-5-13/h2-3,8H,6-7,14H2,1H3. The summed E-state index contributed by atoms with van der Waals surface area (Å²) < 4.78 is 0. The van der Waals surface area contributed by atoms with Gasteiger partial charge in [0.2, 0.25) is 0 Å². The van der Waals surface area contributed by atoms with E-state index < -0.39 is 0 Å². The number of hydrogen-bond donors (Lipinski definition) is 1. The molecular formula is C11H12N4. The van der Waals surface area contributed by atoms with Gasteiger partial charge in [-0.1, -0.05) is 0 Å². The van der Waals surface area contributed by atoms with Crippen molar-refractivity contribution < 1.29 is 0 Å². The van der Waals surface area contributed by atoms with Crippen molar-refractivity contribution in [2.45, 2.75) is 6.92 Å². The van der Waals surface area contributed by atoms with E-state index in [1.54, 1.807) is 11.0 Å². The van der Waals surface area contributed by atoms with Crippen molar-refractivity contribution in [1.82, 2.24) is 0 Å². The minimum absolute atomic E-state index is 0.207. The molecule has 2 N–H and O–H groups in total. The molecule has 0 atom stereocenters. The van der Waals surface area contributed by atoms with Crippen LogP contribution in [0.1, 0.15) is 5.56 Å². The third kappa shape index (κ3) is 2.62. The number of rotatable bonds is 3. The average molecular weight is 200 g/mol. The van der Waals surface area contributed by atoms with Gasteiger partial charge in [0.1, 0.15) is 13.1 Å². The summed E-state index contributed by atoms with van der Waals surface area (Å²) in [6, 6.07) is 9.50. The van der Waals surface area contributed by atoms with Crippen LogP contribution in [0.4, 0.5) is 11.4 Å². The minimum Gasteiger partial charge on any atom is -0.399 e. The van der Waals surface area contributed by atoms with Gasteiger partial charge in [-0.3, -0.25) is 0 Å². The number of nitrogens with zero attached hydrogens (tertiary/aromatic N) is 3. The van der Waals surface area contributed by atoms with E-state index >= 15 is 0 Å². The van der Waals surface area contributed by atoms with E-state index in [1.165, 1.54) is 0 Å². The zero-order chi connectivity index (χ0) is 11.3. The van der Waals surface area contributed by atoms with E-state index in [4.69, 9.17) is 16.3 Å². The summed E-state index contributed by atoms with van der Waals surface area (Å²) >= 11 is 0. The maximum absolute atomic E-state index is 8.64. The fourth-order valence-electron chi connectivity index (χ4n) is 1.43. The van der Waals surface area contributed by atoms with Crippen molar-refractivity contribution in [3.05, 3.63) is 23.8 Å². The van der Waals surface area contributed by atoms with Gasteiger partial charge in [-0.15, -0.1) is 0 Å². The summed E-state index contributed by atoms with van der Waals surface area (Å²) in [4.78, 5) is 1.72. The summed E-state index contributed by atoms with van der Waals surface area (Å²) in [7, 11) is 0. The highest BCUT2D eigenvalue weighted by Gasteiger charge is 2.07. The maximum atomic E-state index is 8.64. The van der Waals surface area contributed by atoms with Crippen molar-refractivity contribution in [1.29, 1.82) is 10.5 Å². The third-order valence-corrected chi connectivity index (χ3v) is 2.08. The average Bonchev–Trinajstić information content (AvgIpc) is 2.17. The van der Waals surface area contributed by atoms with E-state index in [-0.39, 0.29) is 13.1 Å². The molecule has 1 rings (SSSR count). The molecule has 0 saturated heterocycles. The molecular weight excluding hydrogens is 188 g/mol. The summed E-state index contributed by atoms with van der Waals surface area (Å²) in [5.74, 6) is 0. The molecule has 0 spiro atoms. The van der Waals surface area contributed by atoms with Crippen LogP contribution in [0.15, 0.2) is 18.2 Å². The molecule has 0 aromatic heterocycles. The molecule has 0 radical (unpaired) electrons. The van der Waals surface area contributed by atoms with Gasteiger partial charge in [0.05, 0.1) is 12.1 Å². The number of nitrogen functional groups attached to an aromatic ring is 1. The Labute approximate surface area is 89.1 Å². The van der Waals surface area contributed by atoms with Gasteiger partial charge in [0.15, 0.2) is 0 Å². The zero-order valence-corrected chi connectivity index (χ0v) is 8.57. The Morgan fingerprint density at radius 2 is 1.87 bits per heavy atom. The van der Waals surface area contributed by atoms with Gasteiger partial charge in [0.25, 0.3) is 0 Å². The van der Waals surface area contributed by atoms with Crippen molar-refractivity contribution in [3.8, 4) is 12.1 Å². The van der Waals surface area contributed by atoms with Crippen LogP contribution in [0.3, 0.4) is 0 Å². The molecule has 4 nitrogen and oxygen atoms in total. The van der Waals surface area contributed by atoms with Crippen LogP contribution in [0, 0.1) is 29.6 Å². The monoisotopic (exact) mass is 200 g/mol. The van der Waals surface area contributed by atoms with E-state index in [0.29, 0.717) is 5.69 Å². The Bertz CT molecular complexity index is 409. The number of hydrogen-bond acceptors (Lipinski definition) is 4. The molecule has 4 heteroatoms. The molecule has 76 valence electrons. The molecule has 0 amide bonds. The summed E-state index contributed by atoms with van der Waals surface area (Å²) in [6.07, 6.45) is 0. The molecule has 1 aromatic rings. The quantitative estimate of drug-likeness (QED) is 0.591. The summed E-state index contributed by atoms with van der Waals surface area (Å²) in [5, 5.41) is 17.3. The number of benzene rings is 1. The molecule has 1 aromatic carbocycles. The molecule has 15 heavy (non-hydrogen) atoms. The SMILES string of the molecule is Cc1cc(N)ccc1N(CC#N)CC#N. The molecule has 0 unspecified atom stereocenters. The van der Waals surface area contributed by atoms with Gasteiger partial charge in [-0.25, -0.2) is 0 Å². The molecule has 0 aliphatic carbocycles. The van der Waals surface area contributed by atoms with Gasteiger partial charge in [0, 0.05) is 11.4 Å². The van der Waals surface area contributed by atoms with Crippen molar-refractivity contribution in [3.63, 3.8) is 0 Å². The highest BCUT2D eigenvalue weighted by molar-refractivity contribution is 5.60. The predicted octanol–water partition coefficient (Wildman–Crippen LogP) is 1.43. The fraction of sp³-hybridized carbons (Fsp3) is 0.273. The fourth-order valence-corrected chi connectivity index (χ4v) is 1.43. The van der Waals surface area contributed by atoms with Crippen molar-refractivity contribution >= 4 is 11.4 Å². The van der Waals surface area contributed by atoms with Crippen LogP contribution in [-0.2, 0) is 0 Å². The Balaban J connectivity index is 3.02. The van der Waals surface area contributed by atoms with E-state index in [2.05, 4.69) is 0 Å². The van der Waals surface area contributed by atoms with E-state index in [9.17, 15) is 0 Å². The maximum Gasteiger partial charge on any atom is 0.106 e. The van der Waals surface area contributed by atoms with E-state index in [1.807, 2.05) is 31.2 Å². The van der Waals surface area contributed by atoms with Crippen LogP contribution in [0.2, 0.25) is 0 Å². The number of aryl methyl sites for hydroxylation is 1. The Morgan fingerprint density at radius 3 is 2.33 bits per heavy atom. The molecule has 0 saturated carbocycles. The molecule has 0 fully saturated rings. The van der Waals surface area contributed by atoms with Crippen LogP contribution >= 0.6 is 0 Å². The summed E-state index contributed by atoms with van der Waals surface area (Å²) in [6.45, 7) is 2.32. The minimum atomic E-state index is 0.207. The van der Waals surface area contributed by atoms with Gasteiger partial charge in [-0.05, 0) is 30.7 Å². The normalized spacial score (nSPS) is 9.00. The third-order valence-electron chi connectivity index (χ3n) is 2.08. The molecule has 0 heterocycles. The first kappa shape index (κ1) is 10.9. The highest BCUT2D eigenvalue weighted by atomic mass is 15.1.